The van der Waals surface area contributed by atoms with Gasteiger partial charge in [0.05, 0.1) is 0 Å². The van der Waals surface area contributed by atoms with Crippen LogP contribution < -0.4 is 10.6 Å². The molecule has 5 nitrogen and oxygen atoms in total. The van der Waals surface area contributed by atoms with E-state index < -0.39 is 0 Å². The maximum atomic E-state index is 4.32. The molecule has 0 saturated heterocycles. The summed E-state index contributed by atoms with van der Waals surface area (Å²) in [6.45, 7) is 3.07. The lowest BCUT2D eigenvalue weighted by Crippen LogP contribution is -2.38. The number of para-hydroxylation sites is 1. The fourth-order valence-corrected chi connectivity index (χ4v) is 3.16. The third-order valence-electron chi connectivity index (χ3n) is 4.66. The maximum Gasteiger partial charge on any atom is 0.190 e. The van der Waals surface area contributed by atoms with Gasteiger partial charge in [0, 0.05) is 37.2 Å². The minimum atomic E-state index is 0. The van der Waals surface area contributed by atoms with E-state index in [1.165, 1.54) is 55.1 Å². The fourth-order valence-electron chi connectivity index (χ4n) is 3.16. The first-order chi connectivity index (χ1) is 12.7. The standard InChI is InChI=1S/C21H35N5.HI/c1-22-21(23-14-9-5-4-6-10-16-26(2)3)24-15-13-18-17-25-20-12-8-7-11-19(18)20;/h7-8,11-12,17,25H,4-6,9-10,13-16H2,1-3H3,(H2,22,23,24);1H. The molecule has 1 heterocycles. The Bertz CT molecular complexity index is 665. The molecule has 0 radical (unpaired) electrons. The van der Waals surface area contributed by atoms with Gasteiger partial charge in [-0.3, -0.25) is 4.99 Å². The molecule has 0 aliphatic rings. The zero-order valence-corrected chi connectivity index (χ0v) is 19.4. The third-order valence-corrected chi connectivity index (χ3v) is 4.66. The van der Waals surface area contributed by atoms with E-state index in [9.17, 15) is 0 Å². The number of nitrogens with zero attached hydrogens (tertiary/aromatic N) is 2. The lowest BCUT2D eigenvalue weighted by atomic mass is 10.1. The predicted octanol–water partition coefficient (Wildman–Crippen LogP) is 4.01. The molecule has 0 fully saturated rings. The first kappa shape index (κ1) is 23.8. The molecular formula is C21H36IN5. The van der Waals surface area contributed by atoms with Crippen molar-refractivity contribution in [3.8, 4) is 0 Å². The summed E-state index contributed by atoms with van der Waals surface area (Å²) in [4.78, 5) is 9.91. The van der Waals surface area contributed by atoms with Gasteiger partial charge >= 0.3 is 0 Å². The number of halogens is 1. The molecule has 0 saturated carbocycles. The van der Waals surface area contributed by atoms with Crippen molar-refractivity contribution >= 4 is 40.8 Å². The van der Waals surface area contributed by atoms with Crippen LogP contribution in [0.1, 0.15) is 37.7 Å². The molecule has 6 heteroatoms. The van der Waals surface area contributed by atoms with Crippen LogP contribution in [0.3, 0.4) is 0 Å². The molecule has 0 atom stereocenters. The van der Waals surface area contributed by atoms with Gasteiger partial charge in [-0.15, -0.1) is 24.0 Å². The predicted molar refractivity (Wildman–Crippen MR) is 128 cm³/mol. The van der Waals surface area contributed by atoms with Gasteiger partial charge in [-0.1, -0.05) is 37.5 Å². The van der Waals surface area contributed by atoms with Crippen LogP contribution in [0.15, 0.2) is 35.5 Å². The third kappa shape index (κ3) is 8.97. The van der Waals surface area contributed by atoms with E-state index in [4.69, 9.17) is 0 Å². The smallest absolute Gasteiger partial charge is 0.190 e. The number of benzene rings is 1. The van der Waals surface area contributed by atoms with Crippen molar-refractivity contribution in [3.63, 3.8) is 0 Å². The molecule has 0 aliphatic carbocycles. The molecule has 2 rings (SSSR count). The lowest BCUT2D eigenvalue weighted by molar-refractivity contribution is 0.389. The van der Waals surface area contributed by atoms with Gasteiger partial charge in [-0.25, -0.2) is 0 Å². The highest BCUT2D eigenvalue weighted by Crippen LogP contribution is 2.17. The summed E-state index contributed by atoms with van der Waals surface area (Å²) in [5, 5.41) is 8.15. The van der Waals surface area contributed by atoms with E-state index in [1.807, 2.05) is 7.05 Å². The Morgan fingerprint density at radius 1 is 1.00 bits per heavy atom. The Hall–Kier alpha value is -1.28. The van der Waals surface area contributed by atoms with Gasteiger partial charge in [0.2, 0.25) is 0 Å². The monoisotopic (exact) mass is 485 g/mol. The van der Waals surface area contributed by atoms with Gasteiger partial charge in [0.25, 0.3) is 0 Å². The first-order valence-electron chi connectivity index (χ1n) is 9.85. The van der Waals surface area contributed by atoms with E-state index in [-0.39, 0.29) is 24.0 Å². The van der Waals surface area contributed by atoms with Crippen LogP contribution in [-0.2, 0) is 6.42 Å². The topological polar surface area (TPSA) is 55.5 Å². The van der Waals surface area contributed by atoms with Gasteiger partial charge in [-0.2, -0.15) is 0 Å². The number of aromatic nitrogens is 1. The van der Waals surface area contributed by atoms with Crippen LogP contribution in [0.5, 0.6) is 0 Å². The molecule has 152 valence electrons. The first-order valence-corrected chi connectivity index (χ1v) is 9.85. The van der Waals surface area contributed by atoms with Crippen LogP contribution in [-0.4, -0.2) is 56.6 Å². The van der Waals surface area contributed by atoms with Crippen molar-refractivity contribution in [2.24, 2.45) is 4.99 Å². The van der Waals surface area contributed by atoms with Crippen molar-refractivity contribution < 1.29 is 0 Å². The van der Waals surface area contributed by atoms with E-state index in [0.717, 1.165) is 25.5 Å². The minimum Gasteiger partial charge on any atom is -0.361 e. The van der Waals surface area contributed by atoms with Gasteiger partial charge in [0.1, 0.15) is 0 Å². The average Bonchev–Trinajstić information content (AvgIpc) is 3.05. The maximum absolute atomic E-state index is 4.32. The molecule has 0 bridgehead atoms. The van der Waals surface area contributed by atoms with Crippen LogP contribution in [0.25, 0.3) is 10.9 Å². The molecular weight excluding hydrogens is 449 g/mol. The Morgan fingerprint density at radius 3 is 2.48 bits per heavy atom. The second-order valence-corrected chi connectivity index (χ2v) is 7.11. The van der Waals surface area contributed by atoms with Gasteiger partial charge in [-0.05, 0) is 51.5 Å². The molecule has 3 N–H and O–H groups in total. The highest BCUT2D eigenvalue weighted by atomic mass is 127. The van der Waals surface area contributed by atoms with Crippen molar-refractivity contribution in [2.75, 3.05) is 40.8 Å². The average molecular weight is 485 g/mol. The van der Waals surface area contributed by atoms with Crippen molar-refractivity contribution in [3.05, 3.63) is 36.0 Å². The quantitative estimate of drug-likeness (QED) is 0.195. The summed E-state index contributed by atoms with van der Waals surface area (Å²) < 4.78 is 0. The summed E-state index contributed by atoms with van der Waals surface area (Å²) in [6, 6.07) is 8.45. The Morgan fingerprint density at radius 2 is 1.70 bits per heavy atom. The number of fused-ring (bicyclic) bond motifs is 1. The van der Waals surface area contributed by atoms with Gasteiger partial charge < -0.3 is 20.5 Å². The SMILES string of the molecule is CN=C(NCCCCCCCN(C)C)NCCc1c[nH]c2ccccc12.I. The van der Waals surface area contributed by atoms with Gasteiger partial charge in [0.15, 0.2) is 5.96 Å². The molecule has 0 unspecified atom stereocenters. The van der Waals surface area contributed by atoms with Crippen molar-refractivity contribution in [2.45, 2.75) is 38.5 Å². The zero-order valence-electron chi connectivity index (χ0n) is 17.1. The van der Waals surface area contributed by atoms with E-state index in [2.05, 4.69) is 70.1 Å². The Kier molecular flexibility index (Phi) is 12.2. The van der Waals surface area contributed by atoms with E-state index >= 15 is 0 Å². The summed E-state index contributed by atoms with van der Waals surface area (Å²) in [5.74, 6) is 0.900. The summed E-state index contributed by atoms with van der Waals surface area (Å²) in [6.07, 6.45) is 9.53. The molecule has 1 aromatic carbocycles. The number of rotatable bonds is 11. The molecule has 2 aromatic rings. The van der Waals surface area contributed by atoms with Crippen LogP contribution in [0.2, 0.25) is 0 Å². The number of aliphatic imine (C=N–C) groups is 1. The van der Waals surface area contributed by atoms with Crippen molar-refractivity contribution in [1.29, 1.82) is 0 Å². The molecule has 27 heavy (non-hydrogen) atoms. The number of hydrogen-bond acceptors (Lipinski definition) is 2. The van der Waals surface area contributed by atoms with Crippen LogP contribution in [0, 0.1) is 0 Å². The Labute approximate surface area is 181 Å². The number of guanidine groups is 1. The molecule has 0 amide bonds. The number of nitrogens with one attached hydrogen (secondary N) is 3. The summed E-state index contributed by atoms with van der Waals surface area (Å²) in [7, 11) is 6.12. The second-order valence-electron chi connectivity index (χ2n) is 7.11. The number of unbranched alkanes of at least 4 members (excludes halogenated alkanes) is 4. The second kappa shape index (κ2) is 13.8. The van der Waals surface area contributed by atoms with Crippen molar-refractivity contribution in [1.82, 2.24) is 20.5 Å². The Balaban J connectivity index is 0.00000364. The normalized spacial score (nSPS) is 11.6. The summed E-state index contributed by atoms with van der Waals surface area (Å²) >= 11 is 0. The number of H-pyrrole nitrogens is 1. The van der Waals surface area contributed by atoms with E-state index in [0.29, 0.717) is 0 Å². The number of hydrogen-bond donors (Lipinski definition) is 3. The molecule has 1 aromatic heterocycles. The van der Waals surface area contributed by atoms with Crippen LogP contribution in [0.4, 0.5) is 0 Å². The molecule has 0 spiro atoms. The minimum absolute atomic E-state index is 0. The highest BCUT2D eigenvalue weighted by Gasteiger charge is 2.03. The lowest BCUT2D eigenvalue weighted by Gasteiger charge is -2.12. The van der Waals surface area contributed by atoms with Crippen LogP contribution >= 0.6 is 24.0 Å². The van der Waals surface area contributed by atoms with E-state index in [1.54, 1.807) is 0 Å². The highest BCUT2D eigenvalue weighted by molar-refractivity contribution is 14.0. The number of aromatic amines is 1. The fraction of sp³-hybridized carbons (Fsp3) is 0.571. The largest absolute Gasteiger partial charge is 0.361 e. The summed E-state index contributed by atoms with van der Waals surface area (Å²) in [5.41, 5.74) is 2.55. The molecule has 0 aliphatic heterocycles. The zero-order chi connectivity index (χ0) is 18.6.